The lowest BCUT2D eigenvalue weighted by Crippen LogP contribution is -2.05. The van der Waals surface area contributed by atoms with Crippen molar-refractivity contribution in [1.82, 2.24) is 5.32 Å². The first-order valence-electron chi connectivity index (χ1n) is 4.98. The minimum atomic E-state index is -0.987. The van der Waals surface area contributed by atoms with E-state index in [1.165, 1.54) is 31.2 Å². The average Bonchev–Trinajstić information content (AvgIpc) is 2.39. The van der Waals surface area contributed by atoms with Gasteiger partial charge in [0.15, 0.2) is 0 Å². The summed E-state index contributed by atoms with van der Waals surface area (Å²) in [5, 5.41) is 14.3. The van der Waals surface area contributed by atoms with Crippen LogP contribution in [0.15, 0.2) is 28.6 Å². The highest BCUT2D eigenvalue weighted by Crippen LogP contribution is 2.29. The van der Waals surface area contributed by atoms with Crippen LogP contribution in [0.5, 0.6) is 5.75 Å². The van der Waals surface area contributed by atoms with Crippen LogP contribution in [0.25, 0.3) is 0 Å². The summed E-state index contributed by atoms with van der Waals surface area (Å²) in [6, 6.07) is 4.63. The lowest BCUT2D eigenvalue weighted by atomic mass is 10.2. The Morgan fingerprint density at radius 1 is 1.56 bits per heavy atom. The van der Waals surface area contributed by atoms with E-state index in [2.05, 4.69) is 22.7 Å². The minimum Gasteiger partial charge on any atom is -0.495 e. The maximum absolute atomic E-state index is 10.8. The molecule has 98 valence electrons. The third kappa shape index (κ3) is 3.78. The zero-order valence-corrected chi connectivity index (χ0v) is 11.6. The van der Waals surface area contributed by atoms with Gasteiger partial charge in [0.25, 0.3) is 0 Å². The van der Waals surface area contributed by atoms with E-state index in [9.17, 15) is 4.79 Å². The standard InChI is InChI=1S/C11H14N2O3S2/c1-12-10(6-17)18-13-8-4-3-7(11(14)15)5-9(8)16-2/h3-6,12-13,17H,1-2H3,(H,14,15)/b10-6+. The summed E-state index contributed by atoms with van der Waals surface area (Å²) >= 11 is 5.35. The van der Waals surface area contributed by atoms with Crippen LogP contribution in [-0.4, -0.2) is 25.2 Å². The zero-order chi connectivity index (χ0) is 13.5. The summed E-state index contributed by atoms with van der Waals surface area (Å²) in [6.07, 6.45) is 0. The van der Waals surface area contributed by atoms with Crippen LogP contribution >= 0.6 is 24.6 Å². The van der Waals surface area contributed by atoms with Crippen molar-refractivity contribution in [2.45, 2.75) is 0 Å². The molecule has 1 aromatic carbocycles. The number of thiol groups is 1. The molecule has 0 saturated carbocycles. The molecule has 0 atom stereocenters. The van der Waals surface area contributed by atoms with E-state index >= 15 is 0 Å². The van der Waals surface area contributed by atoms with Crippen LogP contribution in [0.2, 0.25) is 0 Å². The SMILES string of the molecule is CN/C(=C\S)SNc1ccc(C(=O)O)cc1OC. The number of hydrogen-bond acceptors (Lipinski definition) is 6. The third-order valence-corrected chi connectivity index (χ3v) is 3.38. The van der Waals surface area contributed by atoms with Gasteiger partial charge in [-0.3, -0.25) is 0 Å². The number of carbonyl (C=O) groups is 1. The van der Waals surface area contributed by atoms with Crippen LogP contribution in [-0.2, 0) is 0 Å². The van der Waals surface area contributed by atoms with Crippen LogP contribution in [0.3, 0.4) is 0 Å². The molecule has 0 aliphatic rings. The van der Waals surface area contributed by atoms with Gasteiger partial charge in [0, 0.05) is 19.0 Å². The smallest absolute Gasteiger partial charge is 0.335 e. The van der Waals surface area contributed by atoms with Crippen molar-refractivity contribution in [3.8, 4) is 5.75 Å². The summed E-state index contributed by atoms with van der Waals surface area (Å²) in [7, 11) is 3.27. The van der Waals surface area contributed by atoms with Gasteiger partial charge >= 0.3 is 5.97 Å². The van der Waals surface area contributed by atoms with Crippen LogP contribution < -0.4 is 14.8 Å². The van der Waals surface area contributed by atoms with Crippen molar-refractivity contribution >= 4 is 36.2 Å². The molecule has 0 aliphatic heterocycles. The molecule has 0 spiro atoms. The van der Waals surface area contributed by atoms with Crippen LogP contribution in [0.4, 0.5) is 5.69 Å². The molecule has 0 amide bonds. The van der Waals surface area contributed by atoms with E-state index in [0.29, 0.717) is 11.4 Å². The van der Waals surface area contributed by atoms with Gasteiger partial charge in [-0.15, -0.1) is 12.6 Å². The third-order valence-electron chi connectivity index (χ3n) is 2.08. The van der Waals surface area contributed by atoms with Gasteiger partial charge in [0.1, 0.15) is 5.75 Å². The predicted molar refractivity (Wildman–Crippen MR) is 77.3 cm³/mol. The Hall–Kier alpha value is -1.47. The van der Waals surface area contributed by atoms with Gasteiger partial charge in [-0.2, -0.15) is 0 Å². The number of carboxylic acids is 1. The van der Waals surface area contributed by atoms with Gasteiger partial charge in [-0.05, 0) is 23.6 Å². The summed E-state index contributed by atoms with van der Waals surface area (Å²) in [6.45, 7) is 0. The Morgan fingerprint density at radius 3 is 2.78 bits per heavy atom. The second kappa shape index (κ2) is 7.07. The monoisotopic (exact) mass is 286 g/mol. The Bertz CT molecular complexity index is 464. The molecule has 0 aliphatic carbocycles. The van der Waals surface area contributed by atoms with Gasteiger partial charge in [-0.1, -0.05) is 0 Å². The van der Waals surface area contributed by atoms with Crippen molar-refractivity contribution in [2.75, 3.05) is 18.9 Å². The molecular formula is C11H14N2O3S2. The molecule has 0 aromatic heterocycles. The molecular weight excluding hydrogens is 272 g/mol. The first-order valence-corrected chi connectivity index (χ1v) is 6.32. The maximum atomic E-state index is 10.8. The Balaban J connectivity index is 2.86. The normalized spacial score (nSPS) is 10.9. The second-order valence-corrected chi connectivity index (χ2v) is 4.27. The maximum Gasteiger partial charge on any atom is 0.335 e. The highest BCUT2D eigenvalue weighted by molar-refractivity contribution is 8.04. The van der Waals surface area contributed by atoms with E-state index in [1.807, 2.05) is 0 Å². The van der Waals surface area contributed by atoms with E-state index in [4.69, 9.17) is 9.84 Å². The molecule has 0 saturated heterocycles. The largest absolute Gasteiger partial charge is 0.495 e. The van der Waals surface area contributed by atoms with Crippen molar-refractivity contribution in [3.63, 3.8) is 0 Å². The van der Waals surface area contributed by atoms with Crippen molar-refractivity contribution < 1.29 is 14.6 Å². The highest BCUT2D eigenvalue weighted by atomic mass is 32.2. The second-order valence-electron chi connectivity index (χ2n) is 3.17. The summed E-state index contributed by atoms with van der Waals surface area (Å²) in [5.74, 6) is -0.518. The fraction of sp³-hybridized carbons (Fsp3) is 0.182. The number of hydrogen-bond donors (Lipinski definition) is 4. The molecule has 0 heterocycles. The van der Waals surface area contributed by atoms with E-state index in [0.717, 1.165) is 5.03 Å². The van der Waals surface area contributed by atoms with Gasteiger partial charge < -0.3 is 19.9 Å². The molecule has 1 rings (SSSR count). The van der Waals surface area contributed by atoms with Gasteiger partial charge in [0.2, 0.25) is 0 Å². The van der Waals surface area contributed by atoms with Crippen molar-refractivity contribution in [3.05, 3.63) is 34.2 Å². The zero-order valence-electron chi connectivity index (χ0n) is 9.93. The van der Waals surface area contributed by atoms with E-state index in [-0.39, 0.29) is 5.56 Å². The van der Waals surface area contributed by atoms with Crippen LogP contribution in [0, 0.1) is 0 Å². The molecule has 1 aromatic rings. The summed E-state index contributed by atoms with van der Waals surface area (Å²) in [5.41, 5.74) is 0.872. The number of ether oxygens (including phenoxy) is 1. The number of methoxy groups -OCH3 is 1. The first-order chi connectivity index (χ1) is 8.62. The number of nitrogens with one attached hydrogen (secondary N) is 2. The molecule has 0 unspecified atom stereocenters. The first kappa shape index (κ1) is 14.6. The summed E-state index contributed by atoms with van der Waals surface area (Å²) < 4.78 is 8.19. The van der Waals surface area contributed by atoms with Crippen LogP contribution in [0.1, 0.15) is 10.4 Å². The number of aromatic carboxylic acids is 1. The molecule has 0 fully saturated rings. The molecule has 0 bridgehead atoms. The molecule has 5 nitrogen and oxygen atoms in total. The van der Waals surface area contributed by atoms with Gasteiger partial charge in [-0.25, -0.2) is 4.79 Å². The van der Waals surface area contributed by atoms with Crippen molar-refractivity contribution in [1.29, 1.82) is 0 Å². The lowest BCUT2D eigenvalue weighted by Gasteiger charge is -2.12. The molecule has 3 N–H and O–H groups in total. The predicted octanol–water partition coefficient (Wildman–Crippen LogP) is 2.40. The quantitative estimate of drug-likeness (QED) is 0.475. The Kier molecular flexibility index (Phi) is 5.73. The fourth-order valence-corrected chi connectivity index (χ4v) is 1.99. The van der Waals surface area contributed by atoms with E-state index < -0.39 is 5.97 Å². The lowest BCUT2D eigenvalue weighted by molar-refractivity contribution is 0.0696. The summed E-state index contributed by atoms with van der Waals surface area (Å²) in [4.78, 5) is 10.8. The Morgan fingerprint density at radius 2 is 2.28 bits per heavy atom. The molecule has 0 radical (unpaired) electrons. The number of benzene rings is 1. The average molecular weight is 286 g/mol. The number of anilines is 1. The topological polar surface area (TPSA) is 70.6 Å². The number of rotatable bonds is 6. The number of carboxylic acid groups (broad SMARTS) is 1. The highest BCUT2D eigenvalue weighted by Gasteiger charge is 2.09. The minimum absolute atomic E-state index is 0.181. The van der Waals surface area contributed by atoms with E-state index in [1.54, 1.807) is 18.5 Å². The van der Waals surface area contributed by atoms with Gasteiger partial charge in [0.05, 0.1) is 23.4 Å². The Labute approximate surface area is 115 Å². The van der Waals surface area contributed by atoms with Crippen molar-refractivity contribution in [2.24, 2.45) is 0 Å². The molecule has 7 heteroatoms. The molecule has 18 heavy (non-hydrogen) atoms. The fourth-order valence-electron chi connectivity index (χ4n) is 1.16.